The van der Waals surface area contributed by atoms with Gasteiger partial charge in [-0.25, -0.2) is 0 Å². The van der Waals surface area contributed by atoms with Crippen molar-refractivity contribution in [2.45, 2.75) is 62.4 Å². The lowest BCUT2D eigenvalue weighted by Gasteiger charge is -2.33. The molecule has 1 aliphatic heterocycles. The van der Waals surface area contributed by atoms with Crippen molar-refractivity contribution in [2.75, 3.05) is 19.0 Å². The highest BCUT2D eigenvalue weighted by Crippen LogP contribution is 2.36. The Labute approximate surface area is 224 Å². The first-order valence-electron chi connectivity index (χ1n) is 12.3. The Bertz CT molecular complexity index is 1070. The molecule has 0 saturated carbocycles. The smallest absolute Gasteiger partial charge is 0.0853 e. The van der Waals surface area contributed by atoms with Gasteiger partial charge in [0.2, 0.25) is 0 Å². The number of terminal acetylenes is 1. The molecule has 2 aromatic carbocycles. The summed E-state index contributed by atoms with van der Waals surface area (Å²) in [5.74, 6) is 3.37. The molecule has 0 aromatic heterocycles. The summed E-state index contributed by atoms with van der Waals surface area (Å²) >= 11 is 8.22. The first kappa shape index (κ1) is 28.5. The summed E-state index contributed by atoms with van der Waals surface area (Å²) in [6, 6.07) is 13.8. The van der Waals surface area contributed by atoms with Gasteiger partial charge in [-0.05, 0) is 47.7 Å². The molecule has 2 aromatic rings. The molecule has 2 N–H and O–H groups in total. The van der Waals surface area contributed by atoms with Crippen molar-refractivity contribution in [2.24, 2.45) is 0 Å². The largest absolute Gasteiger partial charge is 0.393 e. The van der Waals surface area contributed by atoms with Crippen LogP contribution < -0.4 is 0 Å². The number of benzene rings is 2. The summed E-state index contributed by atoms with van der Waals surface area (Å²) in [5, 5.41) is 20.9. The van der Waals surface area contributed by atoms with Crippen molar-refractivity contribution in [3.63, 3.8) is 0 Å². The Balaban J connectivity index is 1.71. The molecular weight excluding hydrogens is 492 g/mol. The van der Waals surface area contributed by atoms with Crippen LogP contribution in [-0.4, -0.2) is 41.4 Å². The Hall–Kier alpha value is -2.04. The third-order valence-corrected chi connectivity index (χ3v) is 7.63. The van der Waals surface area contributed by atoms with E-state index in [9.17, 15) is 10.2 Å². The van der Waals surface area contributed by atoms with Crippen molar-refractivity contribution >= 4 is 23.4 Å². The molecule has 1 aliphatic rings. The lowest BCUT2D eigenvalue weighted by atomic mass is 9.94. The SMILES string of the molecule is C#CC/C=C(\C=C/COCC)Cc1cc(C2CC(O)CC(CSc3ccccc3CO)O2)ccc1Cl. The van der Waals surface area contributed by atoms with Gasteiger partial charge in [0.15, 0.2) is 0 Å². The van der Waals surface area contributed by atoms with E-state index in [1.807, 2.05) is 61.5 Å². The van der Waals surface area contributed by atoms with Crippen molar-refractivity contribution in [1.82, 2.24) is 0 Å². The van der Waals surface area contributed by atoms with Crippen LogP contribution in [0.4, 0.5) is 0 Å². The number of ether oxygens (including phenoxy) is 2. The number of aliphatic hydroxyl groups is 2. The summed E-state index contributed by atoms with van der Waals surface area (Å²) < 4.78 is 11.8. The molecule has 4 nitrogen and oxygen atoms in total. The van der Waals surface area contributed by atoms with Gasteiger partial charge in [0.05, 0.1) is 31.5 Å². The third-order valence-electron chi connectivity index (χ3n) is 6.01. The van der Waals surface area contributed by atoms with Crippen molar-refractivity contribution in [3.05, 3.63) is 88.0 Å². The fourth-order valence-corrected chi connectivity index (χ4v) is 5.45. The minimum absolute atomic E-state index is 0.00604. The quantitative estimate of drug-likeness (QED) is 0.147. The summed E-state index contributed by atoms with van der Waals surface area (Å²) in [7, 11) is 0. The van der Waals surface area contributed by atoms with Gasteiger partial charge in [-0.15, -0.1) is 24.1 Å². The lowest BCUT2D eigenvalue weighted by molar-refractivity contribution is -0.0875. The predicted octanol–water partition coefficient (Wildman–Crippen LogP) is 6.29. The first-order valence-corrected chi connectivity index (χ1v) is 13.7. The number of hydrogen-bond donors (Lipinski definition) is 2. The summed E-state index contributed by atoms with van der Waals surface area (Å²) in [4.78, 5) is 1.04. The number of allylic oxidation sites excluding steroid dienone is 3. The average Bonchev–Trinajstić information content (AvgIpc) is 2.89. The van der Waals surface area contributed by atoms with Crippen LogP contribution >= 0.6 is 23.4 Å². The molecule has 0 radical (unpaired) electrons. The summed E-state index contributed by atoms with van der Waals surface area (Å²) in [6.07, 6.45) is 13.1. The second-order valence-electron chi connectivity index (χ2n) is 8.73. The van der Waals surface area contributed by atoms with Crippen molar-refractivity contribution in [3.8, 4) is 12.3 Å². The lowest BCUT2D eigenvalue weighted by Crippen LogP contribution is -2.32. The molecule has 3 unspecified atom stereocenters. The maximum absolute atomic E-state index is 10.6. The second kappa shape index (κ2) is 15.3. The molecule has 192 valence electrons. The zero-order chi connectivity index (χ0) is 25.8. The molecule has 0 bridgehead atoms. The number of thioether (sulfide) groups is 1. The zero-order valence-corrected chi connectivity index (χ0v) is 22.3. The van der Waals surface area contributed by atoms with E-state index in [-0.39, 0.29) is 18.8 Å². The van der Waals surface area contributed by atoms with E-state index in [0.29, 0.717) is 49.7 Å². The molecule has 1 fully saturated rings. The fraction of sp³-hybridized carbons (Fsp3) is 0.400. The van der Waals surface area contributed by atoms with Crippen LogP contribution in [0.3, 0.4) is 0 Å². The molecule has 3 rings (SSSR count). The number of hydrogen-bond acceptors (Lipinski definition) is 5. The fourth-order valence-electron chi connectivity index (χ4n) is 4.20. The number of rotatable bonds is 12. The minimum Gasteiger partial charge on any atom is -0.393 e. The zero-order valence-electron chi connectivity index (χ0n) is 20.7. The molecule has 1 saturated heterocycles. The molecule has 0 spiro atoms. The highest BCUT2D eigenvalue weighted by atomic mass is 35.5. The molecule has 6 heteroatoms. The highest BCUT2D eigenvalue weighted by Gasteiger charge is 2.30. The van der Waals surface area contributed by atoms with Crippen LogP contribution in [0.1, 0.15) is 49.0 Å². The second-order valence-corrected chi connectivity index (χ2v) is 10.2. The Morgan fingerprint density at radius 3 is 2.86 bits per heavy atom. The number of halogens is 1. The van der Waals surface area contributed by atoms with Crippen molar-refractivity contribution < 1.29 is 19.7 Å². The van der Waals surface area contributed by atoms with E-state index < -0.39 is 6.10 Å². The van der Waals surface area contributed by atoms with Crippen LogP contribution in [0.5, 0.6) is 0 Å². The minimum atomic E-state index is -0.436. The average molecular weight is 527 g/mol. The van der Waals surface area contributed by atoms with E-state index in [1.54, 1.807) is 11.8 Å². The molecule has 0 amide bonds. The Kier molecular flexibility index (Phi) is 12.1. The molecule has 0 aliphatic carbocycles. The van der Waals surface area contributed by atoms with Gasteiger partial charge >= 0.3 is 0 Å². The normalized spacial score (nSPS) is 20.5. The number of aliphatic hydroxyl groups excluding tert-OH is 2. The van der Waals surface area contributed by atoms with Gasteiger partial charge < -0.3 is 19.7 Å². The van der Waals surface area contributed by atoms with Gasteiger partial charge in [-0.1, -0.05) is 60.2 Å². The summed E-state index contributed by atoms with van der Waals surface area (Å²) in [6.45, 7) is 3.19. The van der Waals surface area contributed by atoms with Gasteiger partial charge in [-0.3, -0.25) is 0 Å². The summed E-state index contributed by atoms with van der Waals surface area (Å²) in [5.41, 5.74) is 3.98. The van der Waals surface area contributed by atoms with E-state index >= 15 is 0 Å². The Morgan fingerprint density at radius 1 is 1.25 bits per heavy atom. The van der Waals surface area contributed by atoms with Crippen LogP contribution in [0.25, 0.3) is 0 Å². The van der Waals surface area contributed by atoms with Gasteiger partial charge in [0.1, 0.15) is 0 Å². The maximum atomic E-state index is 10.6. The standard InChI is InChI=1S/C30H35ClO4S/c1-3-5-9-22(10-8-15-34-4-2)16-25-17-23(13-14-28(25)31)29-19-26(33)18-27(35-29)21-36-30-12-7-6-11-24(30)20-32/h1,6-14,17,26-27,29,32-33H,4-5,15-16,18-21H2,2H3/b10-8-,22-9+. The van der Waals surface area contributed by atoms with E-state index in [1.165, 1.54) is 0 Å². The third kappa shape index (κ3) is 8.81. The van der Waals surface area contributed by atoms with Gasteiger partial charge in [0.25, 0.3) is 0 Å². The predicted molar refractivity (Wildman–Crippen MR) is 148 cm³/mol. The van der Waals surface area contributed by atoms with Gasteiger partial charge in [-0.2, -0.15) is 0 Å². The molecule has 1 heterocycles. The Morgan fingerprint density at radius 2 is 2.08 bits per heavy atom. The molecule has 36 heavy (non-hydrogen) atoms. The molecule has 3 atom stereocenters. The van der Waals surface area contributed by atoms with Crippen molar-refractivity contribution in [1.29, 1.82) is 0 Å². The van der Waals surface area contributed by atoms with Crippen LogP contribution in [0.15, 0.2) is 71.2 Å². The van der Waals surface area contributed by atoms with E-state index in [4.69, 9.17) is 27.5 Å². The monoisotopic (exact) mass is 526 g/mol. The van der Waals surface area contributed by atoms with Crippen LogP contribution in [-0.2, 0) is 22.5 Å². The van der Waals surface area contributed by atoms with Gasteiger partial charge in [0, 0.05) is 41.5 Å². The van der Waals surface area contributed by atoms with E-state index in [0.717, 1.165) is 27.2 Å². The maximum Gasteiger partial charge on any atom is 0.0853 e. The van der Waals surface area contributed by atoms with E-state index in [2.05, 4.69) is 12.0 Å². The van der Waals surface area contributed by atoms with Crippen LogP contribution in [0, 0.1) is 12.3 Å². The first-order chi connectivity index (χ1) is 17.5. The highest BCUT2D eigenvalue weighted by molar-refractivity contribution is 7.99. The topological polar surface area (TPSA) is 58.9 Å². The molecular formula is C30H35ClO4S. The van der Waals surface area contributed by atoms with Crippen LogP contribution in [0.2, 0.25) is 5.02 Å².